The van der Waals surface area contributed by atoms with Crippen molar-refractivity contribution >= 4 is 15.9 Å². The number of aryl methyl sites for hydroxylation is 1. The first kappa shape index (κ1) is 9.68. The van der Waals surface area contributed by atoms with Gasteiger partial charge in [-0.25, -0.2) is 0 Å². The lowest BCUT2D eigenvalue weighted by atomic mass is 10.0. The normalized spacial score (nSPS) is 11.8. The van der Waals surface area contributed by atoms with E-state index in [-0.39, 0.29) is 0 Å². The van der Waals surface area contributed by atoms with E-state index >= 15 is 0 Å². The highest BCUT2D eigenvalue weighted by atomic mass is 79.9. The van der Waals surface area contributed by atoms with Crippen LogP contribution in [-0.4, -0.2) is 10.1 Å². The summed E-state index contributed by atoms with van der Waals surface area (Å²) in [6.45, 7) is 5.35. The number of aliphatic hydroxyl groups is 1. The minimum atomic E-state index is -0.856. The van der Waals surface area contributed by atoms with Gasteiger partial charge in [0.25, 0.3) is 0 Å². The van der Waals surface area contributed by atoms with Crippen molar-refractivity contribution in [2.75, 3.05) is 0 Å². The van der Waals surface area contributed by atoms with Crippen molar-refractivity contribution in [3.05, 3.63) is 28.0 Å². The van der Waals surface area contributed by atoms with Crippen molar-refractivity contribution in [1.82, 2.24) is 4.98 Å². The molecule has 2 nitrogen and oxygen atoms in total. The number of aromatic nitrogens is 1. The van der Waals surface area contributed by atoms with Crippen LogP contribution in [0.1, 0.15) is 25.2 Å². The monoisotopic (exact) mass is 229 g/mol. The van der Waals surface area contributed by atoms with Gasteiger partial charge in [0.15, 0.2) is 0 Å². The number of halogens is 1. The number of hydrogen-bond acceptors (Lipinski definition) is 2. The molecule has 1 aromatic heterocycles. The van der Waals surface area contributed by atoms with E-state index in [1.165, 1.54) is 0 Å². The van der Waals surface area contributed by atoms with E-state index in [4.69, 9.17) is 0 Å². The fourth-order valence-corrected chi connectivity index (χ4v) is 1.11. The van der Waals surface area contributed by atoms with Crippen molar-refractivity contribution < 1.29 is 5.11 Å². The number of pyridine rings is 1. The van der Waals surface area contributed by atoms with Crippen molar-refractivity contribution in [2.24, 2.45) is 0 Å². The first-order chi connectivity index (χ1) is 5.41. The molecular weight excluding hydrogens is 218 g/mol. The highest BCUT2D eigenvalue weighted by molar-refractivity contribution is 9.10. The maximum Gasteiger partial charge on any atom is 0.101 e. The SMILES string of the molecule is Cc1nc(C(C)(C)O)ccc1Br. The molecule has 66 valence electrons. The van der Waals surface area contributed by atoms with E-state index in [1.807, 2.05) is 19.1 Å². The maximum absolute atomic E-state index is 9.63. The third-order valence-corrected chi connectivity index (χ3v) is 2.49. The maximum atomic E-state index is 9.63. The molecule has 0 amide bonds. The van der Waals surface area contributed by atoms with Gasteiger partial charge in [0.05, 0.1) is 11.4 Å². The van der Waals surface area contributed by atoms with E-state index in [2.05, 4.69) is 20.9 Å². The predicted octanol–water partition coefficient (Wildman–Crippen LogP) is 2.38. The van der Waals surface area contributed by atoms with Crippen molar-refractivity contribution in [3.8, 4) is 0 Å². The van der Waals surface area contributed by atoms with Crippen LogP contribution in [0.2, 0.25) is 0 Å². The molecule has 0 radical (unpaired) electrons. The van der Waals surface area contributed by atoms with E-state index < -0.39 is 5.60 Å². The lowest BCUT2D eigenvalue weighted by Crippen LogP contribution is -2.17. The van der Waals surface area contributed by atoms with Crippen LogP contribution in [0.3, 0.4) is 0 Å². The summed E-state index contributed by atoms with van der Waals surface area (Å²) < 4.78 is 0.968. The van der Waals surface area contributed by atoms with Crippen LogP contribution < -0.4 is 0 Å². The molecule has 1 heterocycles. The van der Waals surface area contributed by atoms with Crippen molar-refractivity contribution in [3.63, 3.8) is 0 Å². The second-order valence-electron chi connectivity index (χ2n) is 3.32. The summed E-state index contributed by atoms with van der Waals surface area (Å²) in [5.41, 5.74) is 0.740. The molecule has 1 N–H and O–H groups in total. The van der Waals surface area contributed by atoms with Crippen LogP contribution in [-0.2, 0) is 5.60 Å². The summed E-state index contributed by atoms with van der Waals surface area (Å²) in [4.78, 5) is 4.25. The van der Waals surface area contributed by atoms with Gasteiger partial charge in [0, 0.05) is 4.47 Å². The number of hydrogen-bond donors (Lipinski definition) is 1. The second kappa shape index (κ2) is 3.15. The van der Waals surface area contributed by atoms with Gasteiger partial charge in [-0.05, 0) is 48.8 Å². The molecule has 12 heavy (non-hydrogen) atoms. The molecule has 0 aromatic carbocycles. The third-order valence-electron chi connectivity index (χ3n) is 1.65. The van der Waals surface area contributed by atoms with E-state index in [9.17, 15) is 5.11 Å². The van der Waals surface area contributed by atoms with Crippen LogP contribution in [0.15, 0.2) is 16.6 Å². The van der Waals surface area contributed by atoms with Crippen LogP contribution in [0.4, 0.5) is 0 Å². The van der Waals surface area contributed by atoms with Crippen molar-refractivity contribution in [1.29, 1.82) is 0 Å². The Morgan fingerprint density at radius 2 is 2.00 bits per heavy atom. The molecule has 1 aromatic rings. The molecule has 3 heteroatoms. The lowest BCUT2D eigenvalue weighted by molar-refractivity contribution is 0.0736. The zero-order valence-electron chi connectivity index (χ0n) is 7.43. The Hall–Kier alpha value is -0.410. The largest absolute Gasteiger partial charge is 0.384 e. The highest BCUT2D eigenvalue weighted by Gasteiger charge is 2.17. The average molecular weight is 230 g/mol. The Labute approximate surface area is 80.8 Å². The summed E-state index contributed by atoms with van der Waals surface area (Å²) >= 11 is 3.35. The molecule has 0 saturated carbocycles. The van der Waals surface area contributed by atoms with Gasteiger partial charge in [-0.3, -0.25) is 4.98 Å². The zero-order chi connectivity index (χ0) is 9.35. The Morgan fingerprint density at radius 3 is 2.42 bits per heavy atom. The lowest BCUT2D eigenvalue weighted by Gasteiger charge is -2.16. The first-order valence-electron chi connectivity index (χ1n) is 3.77. The summed E-state index contributed by atoms with van der Waals surface area (Å²) in [6.07, 6.45) is 0. The Balaban J connectivity index is 3.14. The van der Waals surface area contributed by atoms with Crippen LogP contribution >= 0.6 is 15.9 Å². The van der Waals surface area contributed by atoms with Gasteiger partial charge in [-0.1, -0.05) is 0 Å². The standard InChI is InChI=1S/C9H12BrNO/c1-6-7(10)4-5-8(11-6)9(2,3)12/h4-5,12H,1-3H3. The molecule has 0 saturated heterocycles. The quantitative estimate of drug-likeness (QED) is 0.803. The van der Waals surface area contributed by atoms with Crippen LogP contribution in [0.25, 0.3) is 0 Å². The molecule has 1 rings (SSSR count). The molecule has 0 aliphatic heterocycles. The van der Waals surface area contributed by atoms with Gasteiger partial charge in [-0.2, -0.15) is 0 Å². The van der Waals surface area contributed by atoms with Crippen LogP contribution in [0.5, 0.6) is 0 Å². The number of rotatable bonds is 1. The first-order valence-corrected chi connectivity index (χ1v) is 4.56. The Morgan fingerprint density at radius 1 is 1.42 bits per heavy atom. The summed E-state index contributed by atoms with van der Waals surface area (Å²) in [5, 5.41) is 9.63. The molecule has 0 bridgehead atoms. The highest BCUT2D eigenvalue weighted by Crippen LogP contribution is 2.21. The molecule has 0 spiro atoms. The minimum absolute atomic E-state index is 0.697. The second-order valence-corrected chi connectivity index (χ2v) is 4.18. The summed E-state index contributed by atoms with van der Waals surface area (Å²) in [7, 11) is 0. The predicted molar refractivity (Wildman–Crippen MR) is 51.9 cm³/mol. The Kier molecular flexibility index (Phi) is 2.54. The van der Waals surface area contributed by atoms with E-state index in [0.29, 0.717) is 5.69 Å². The van der Waals surface area contributed by atoms with Gasteiger partial charge in [0.1, 0.15) is 5.60 Å². The Bertz CT molecular complexity index is 291. The molecule has 0 fully saturated rings. The molecule has 0 unspecified atom stereocenters. The number of nitrogens with zero attached hydrogens (tertiary/aromatic N) is 1. The summed E-state index contributed by atoms with van der Waals surface area (Å²) in [5.74, 6) is 0. The minimum Gasteiger partial charge on any atom is -0.384 e. The van der Waals surface area contributed by atoms with Crippen LogP contribution in [0, 0.1) is 6.92 Å². The van der Waals surface area contributed by atoms with Gasteiger partial charge in [-0.15, -0.1) is 0 Å². The topological polar surface area (TPSA) is 33.1 Å². The summed E-state index contributed by atoms with van der Waals surface area (Å²) in [6, 6.07) is 3.72. The fraction of sp³-hybridized carbons (Fsp3) is 0.444. The fourth-order valence-electron chi connectivity index (χ4n) is 0.885. The van der Waals surface area contributed by atoms with E-state index in [0.717, 1.165) is 10.2 Å². The molecule has 0 aliphatic carbocycles. The van der Waals surface area contributed by atoms with E-state index in [1.54, 1.807) is 13.8 Å². The average Bonchev–Trinajstić information content (AvgIpc) is 1.92. The van der Waals surface area contributed by atoms with Crippen molar-refractivity contribution in [2.45, 2.75) is 26.4 Å². The molecule has 0 aliphatic rings. The van der Waals surface area contributed by atoms with Gasteiger partial charge < -0.3 is 5.11 Å². The smallest absolute Gasteiger partial charge is 0.101 e. The van der Waals surface area contributed by atoms with Gasteiger partial charge in [0.2, 0.25) is 0 Å². The third kappa shape index (κ3) is 2.05. The zero-order valence-corrected chi connectivity index (χ0v) is 9.01. The molecule has 0 atom stereocenters. The van der Waals surface area contributed by atoms with Gasteiger partial charge >= 0.3 is 0 Å². The molecular formula is C9H12BrNO.